The Hall–Kier alpha value is -0.520. The molecule has 0 aromatic heterocycles. The summed E-state index contributed by atoms with van der Waals surface area (Å²) in [6.45, 7) is 0. The fourth-order valence-electron chi connectivity index (χ4n) is 0. The second kappa shape index (κ2) is 720. The van der Waals surface area contributed by atoms with Crippen molar-refractivity contribution in [2.24, 2.45) is 0 Å². The lowest BCUT2D eigenvalue weighted by atomic mass is 12.0. The van der Waals surface area contributed by atoms with E-state index < -0.39 is 0 Å². The maximum absolute atomic E-state index is 7.00. The monoisotopic (exact) mass is 132 g/mol. The summed E-state index contributed by atoms with van der Waals surface area (Å²) in [6, 6.07) is 0. The van der Waals surface area contributed by atoms with Crippen LogP contribution >= 0.6 is 0 Å². The SMILES string of the molecule is C.C.C.O.O=O.OO. The first-order chi connectivity index (χ1) is 2.00. The molecule has 58 valence electrons. The van der Waals surface area contributed by atoms with Gasteiger partial charge in [-0.25, -0.2) is 0 Å². The molecule has 4 N–H and O–H groups in total. The molecular weight excluding hydrogens is 116 g/mol. The third-order valence-corrected chi connectivity index (χ3v) is 0. The first kappa shape index (κ1) is 143. The van der Waals surface area contributed by atoms with Gasteiger partial charge in [0.15, 0.2) is 0 Å². The Morgan fingerprint density at radius 3 is 0.750 bits per heavy atom. The Morgan fingerprint density at radius 2 is 0.750 bits per heavy atom. The van der Waals surface area contributed by atoms with Gasteiger partial charge in [-0.1, -0.05) is 22.3 Å². The van der Waals surface area contributed by atoms with Gasteiger partial charge in [0.25, 0.3) is 0 Å². The van der Waals surface area contributed by atoms with Crippen molar-refractivity contribution >= 4 is 0 Å². The molecule has 0 rings (SSSR count). The van der Waals surface area contributed by atoms with Crippen LogP contribution in [0.15, 0.2) is 0 Å². The molecule has 0 aliphatic heterocycles. The molecular formula is C3H16O5. The van der Waals surface area contributed by atoms with Gasteiger partial charge in [0.1, 0.15) is 0 Å². The lowest BCUT2D eigenvalue weighted by Gasteiger charge is -1.25. The zero-order valence-electron chi connectivity index (χ0n) is 2.21. The zero-order chi connectivity index (χ0) is 4.00. The van der Waals surface area contributed by atoms with Crippen molar-refractivity contribution in [2.75, 3.05) is 0 Å². The third-order valence-electron chi connectivity index (χ3n) is 0. The molecule has 8 heavy (non-hydrogen) atoms. The standard InChI is InChI=1S/3CH4.H2O2.O2.H2O/c;;;2*1-2;/h3*1H4;1-2H;;1H2. The highest BCUT2D eigenvalue weighted by atomic mass is 17.0. The van der Waals surface area contributed by atoms with E-state index in [1.807, 2.05) is 0 Å². The molecule has 0 unspecified atom stereocenters. The normalized spacial score (nSPS) is 1.25. The molecule has 5 heteroatoms. The van der Waals surface area contributed by atoms with Crippen LogP contribution in [-0.2, 0) is 0 Å². The van der Waals surface area contributed by atoms with Crippen molar-refractivity contribution in [3.8, 4) is 0 Å². The van der Waals surface area contributed by atoms with E-state index in [2.05, 4.69) is 0 Å². The van der Waals surface area contributed by atoms with Gasteiger partial charge in [-0.05, 0) is 0 Å². The summed E-state index contributed by atoms with van der Waals surface area (Å²) in [7, 11) is 0. The van der Waals surface area contributed by atoms with Crippen LogP contribution in [-0.4, -0.2) is 16.0 Å². The summed E-state index contributed by atoms with van der Waals surface area (Å²) in [5.41, 5.74) is 0. The van der Waals surface area contributed by atoms with Gasteiger partial charge in [0.2, 0.25) is 0 Å². The molecule has 0 aliphatic carbocycles. The summed E-state index contributed by atoms with van der Waals surface area (Å²) in [4.78, 5) is 14.0. The van der Waals surface area contributed by atoms with E-state index in [4.69, 9.17) is 20.4 Å². The van der Waals surface area contributed by atoms with E-state index in [1.54, 1.807) is 0 Å². The predicted molar refractivity (Wildman–Crippen MR) is 35.8 cm³/mol. The lowest BCUT2D eigenvalue weighted by molar-refractivity contribution is -0.176. The van der Waals surface area contributed by atoms with Crippen LogP contribution in [0.4, 0.5) is 0 Å². The van der Waals surface area contributed by atoms with E-state index in [0.29, 0.717) is 0 Å². The Bertz CT molecular complexity index is 7.64. The van der Waals surface area contributed by atoms with Gasteiger partial charge >= 0.3 is 0 Å². The maximum atomic E-state index is 7.00. The molecule has 5 nitrogen and oxygen atoms in total. The maximum Gasteiger partial charge on any atom is 0 e. The minimum absolute atomic E-state index is 0. The summed E-state index contributed by atoms with van der Waals surface area (Å²) >= 11 is 0. The molecule has 0 aromatic carbocycles. The second-order valence-corrected chi connectivity index (χ2v) is 0. The van der Waals surface area contributed by atoms with Gasteiger partial charge in [0, 0.05) is 9.93 Å². The van der Waals surface area contributed by atoms with E-state index in [1.165, 1.54) is 0 Å². The van der Waals surface area contributed by atoms with E-state index in [-0.39, 0.29) is 27.8 Å². The molecule has 0 spiro atoms. The highest BCUT2D eigenvalue weighted by Crippen LogP contribution is 0.741. The largest absolute Gasteiger partial charge is 0.412 e. The van der Waals surface area contributed by atoms with Crippen molar-refractivity contribution in [1.82, 2.24) is 0 Å². The summed E-state index contributed by atoms with van der Waals surface area (Å²) in [5.74, 6) is 0. The molecule has 0 saturated carbocycles. The molecule has 0 saturated heterocycles. The van der Waals surface area contributed by atoms with Crippen molar-refractivity contribution in [3.05, 3.63) is 9.93 Å². The quantitative estimate of drug-likeness (QED) is 0.381. The van der Waals surface area contributed by atoms with Crippen molar-refractivity contribution in [1.29, 1.82) is 0 Å². The molecule has 0 atom stereocenters. The first-order valence-electron chi connectivity index (χ1n) is 0.367. The van der Waals surface area contributed by atoms with Crippen LogP contribution in [0.3, 0.4) is 0 Å². The minimum atomic E-state index is 0. The predicted octanol–water partition coefficient (Wildman–Crippen LogP) is 1.17. The van der Waals surface area contributed by atoms with Crippen molar-refractivity contribution in [2.45, 2.75) is 22.3 Å². The minimum Gasteiger partial charge on any atom is -0.412 e. The van der Waals surface area contributed by atoms with E-state index >= 15 is 0 Å². The fraction of sp³-hybridized carbons (Fsp3) is 1.00. The fourth-order valence-corrected chi connectivity index (χ4v) is 0. The Labute approximate surface area is 49.4 Å². The van der Waals surface area contributed by atoms with Gasteiger partial charge < -0.3 is 5.48 Å². The summed E-state index contributed by atoms with van der Waals surface area (Å²) in [5, 5.41) is 12.0. The van der Waals surface area contributed by atoms with Gasteiger partial charge in [-0.3, -0.25) is 10.5 Å². The van der Waals surface area contributed by atoms with Gasteiger partial charge in [-0.15, -0.1) is 0 Å². The van der Waals surface area contributed by atoms with Crippen molar-refractivity contribution < 1.29 is 16.0 Å². The molecule has 0 amide bonds. The summed E-state index contributed by atoms with van der Waals surface area (Å²) < 4.78 is 0. The number of hydrogen-bond acceptors (Lipinski definition) is 4. The average Bonchev–Trinajstić information content (AvgIpc) is 1.50. The molecule has 0 fully saturated rings. The smallest absolute Gasteiger partial charge is 0 e. The highest BCUT2D eigenvalue weighted by molar-refractivity contribution is 4.07. The van der Waals surface area contributed by atoms with Crippen LogP contribution in [0.2, 0.25) is 0 Å². The second-order valence-electron chi connectivity index (χ2n) is 0. The van der Waals surface area contributed by atoms with Crippen LogP contribution in [0.5, 0.6) is 0 Å². The zero-order valence-corrected chi connectivity index (χ0v) is 2.21. The lowest BCUT2D eigenvalue weighted by Crippen LogP contribution is -1.29. The number of rotatable bonds is 0. The van der Waals surface area contributed by atoms with Gasteiger partial charge in [-0.2, -0.15) is 0 Å². The Kier molecular flexibility index (Phi) is 12900. The van der Waals surface area contributed by atoms with Crippen LogP contribution in [0.25, 0.3) is 0 Å². The molecule has 0 bridgehead atoms. The van der Waals surface area contributed by atoms with Crippen LogP contribution in [0.1, 0.15) is 22.3 Å². The highest BCUT2D eigenvalue weighted by Gasteiger charge is 0.746. The van der Waals surface area contributed by atoms with Crippen molar-refractivity contribution in [3.63, 3.8) is 0 Å². The summed E-state index contributed by atoms with van der Waals surface area (Å²) in [6.07, 6.45) is 0. The molecule has 0 aromatic rings. The first-order valence-corrected chi connectivity index (χ1v) is 0.367. The van der Waals surface area contributed by atoms with E-state index in [9.17, 15) is 0 Å². The van der Waals surface area contributed by atoms with Crippen LogP contribution in [0, 0.1) is 9.93 Å². The molecule has 0 aliphatic rings. The third kappa shape index (κ3) is 407. The molecule has 0 radical (unpaired) electrons. The van der Waals surface area contributed by atoms with E-state index in [0.717, 1.165) is 0 Å². The Morgan fingerprint density at radius 1 is 0.750 bits per heavy atom. The van der Waals surface area contributed by atoms with Gasteiger partial charge in [0.05, 0.1) is 0 Å². The number of hydrogen-bond donors (Lipinski definition) is 2. The average molecular weight is 132 g/mol. The van der Waals surface area contributed by atoms with Crippen LogP contribution < -0.4 is 0 Å². The topological polar surface area (TPSA) is 106 Å². The molecule has 0 heterocycles. The Balaban J connectivity index is -0.00000000167.